The van der Waals surface area contributed by atoms with Crippen LogP contribution in [-0.4, -0.2) is 21.7 Å². The van der Waals surface area contributed by atoms with E-state index in [2.05, 4.69) is 12.2 Å². The van der Waals surface area contributed by atoms with Gasteiger partial charge in [0, 0.05) is 29.6 Å². The van der Waals surface area contributed by atoms with Gasteiger partial charge in [0.05, 0.1) is 11.1 Å². The van der Waals surface area contributed by atoms with E-state index >= 15 is 0 Å². The van der Waals surface area contributed by atoms with Crippen molar-refractivity contribution < 1.29 is 9.90 Å². The van der Waals surface area contributed by atoms with Crippen LogP contribution in [0.3, 0.4) is 0 Å². The number of hydrogen-bond donors (Lipinski definition) is 2. The van der Waals surface area contributed by atoms with Crippen LogP contribution in [0.5, 0.6) is 0 Å². The van der Waals surface area contributed by atoms with Gasteiger partial charge in [0.1, 0.15) is 0 Å². The molecule has 0 radical (unpaired) electrons. The van der Waals surface area contributed by atoms with Crippen molar-refractivity contribution in [3.63, 3.8) is 0 Å². The van der Waals surface area contributed by atoms with Crippen LogP contribution in [0.15, 0.2) is 29.1 Å². The summed E-state index contributed by atoms with van der Waals surface area (Å²) in [6.45, 7) is 4.90. The van der Waals surface area contributed by atoms with Crippen LogP contribution in [0.1, 0.15) is 61.5 Å². The highest BCUT2D eigenvalue weighted by Gasteiger charge is 2.42. The molecular formula is C21H26N2O3. The molecule has 2 bridgehead atoms. The molecule has 138 valence electrons. The van der Waals surface area contributed by atoms with Crippen LogP contribution in [0.2, 0.25) is 0 Å². The average Bonchev–Trinajstić information content (AvgIpc) is 2.84. The van der Waals surface area contributed by atoms with E-state index in [0.29, 0.717) is 40.9 Å². The maximum Gasteiger partial charge on any atom is 0.336 e. The molecule has 1 aromatic carbocycles. The summed E-state index contributed by atoms with van der Waals surface area (Å²) in [5.74, 6) is 0.154. The van der Waals surface area contributed by atoms with Crippen LogP contribution >= 0.6 is 0 Å². The number of fused-ring (bicyclic) bond motifs is 3. The summed E-state index contributed by atoms with van der Waals surface area (Å²) in [5, 5.41) is 14.2. The van der Waals surface area contributed by atoms with Gasteiger partial charge >= 0.3 is 5.97 Å². The van der Waals surface area contributed by atoms with Crippen molar-refractivity contribution >= 4 is 16.9 Å². The van der Waals surface area contributed by atoms with E-state index < -0.39 is 5.97 Å². The Morgan fingerprint density at radius 3 is 2.77 bits per heavy atom. The van der Waals surface area contributed by atoms with E-state index in [9.17, 15) is 14.7 Å². The zero-order valence-electron chi connectivity index (χ0n) is 15.4. The van der Waals surface area contributed by atoms with Crippen LogP contribution in [-0.2, 0) is 6.54 Å². The fraction of sp³-hybridized carbons (Fsp3) is 0.524. The van der Waals surface area contributed by atoms with Crippen molar-refractivity contribution in [2.24, 2.45) is 11.8 Å². The lowest BCUT2D eigenvalue weighted by atomic mass is 9.82. The number of aromatic carboxylic acids is 1. The summed E-state index contributed by atoms with van der Waals surface area (Å²) >= 11 is 0. The lowest BCUT2D eigenvalue weighted by Crippen LogP contribution is -2.44. The van der Waals surface area contributed by atoms with E-state index in [0.717, 1.165) is 25.7 Å². The van der Waals surface area contributed by atoms with E-state index in [1.54, 1.807) is 4.57 Å². The van der Waals surface area contributed by atoms with Crippen molar-refractivity contribution in [3.8, 4) is 0 Å². The Bertz CT molecular complexity index is 903. The summed E-state index contributed by atoms with van der Waals surface area (Å²) in [4.78, 5) is 25.5. The molecule has 5 nitrogen and oxygen atoms in total. The van der Waals surface area contributed by atoms with Gasteiger partial charge in [0.2, 0.25) is 0 Å². The van der Waals surface area contributed by atoms with Gasteiger partial charge in [-0.15, -0.1) is 0 Å². The summed E-state index contributed by atoms with van der Waals surface area (Å²) in [6.07, 6.45) is 3.95. The number of hydrogen-bond acceptors (Lipinski definition) is 3. The summed E-state index contributed by atoms with van der Waals surface area (Å²) in [5.41, 5.74) is 1.21. The zero-order valence-corrected chi connectivity index (χ0v) is 15.4. The van der Waals surface area contributed by atoms with E-state index in [1.807, 2.05) is 31.2 Å². The first-order valence-electron chi connectivity index (χ1n) is 9.67. The molecule has 0 spiro atoms. The third-order valence-electron chi connectivity index (χ3n) is 6.40. The number of carbonyl (C=O) groups is 1. The minimum atomic E-state index is -1.01. The number of aromatic nitrogens is 1. The smallest absolute Gasteiger partial charge is 0.336 e. The van der Waals surface area contributed by atoms with Crippen LogP contribution in [0.4, 0.5) is 0 Å². The lowest BCUT2D eigenvalue weighted by Gasteiger charge is -2.35. The monoisotopic (exact) mass is 354 g/mol. The molecule has 1 saturated carbocycles. The molecular weight excluding hydrogens is 328 g/mol. The Labute approximate surface area is 153 Å². The molecule has 4 atom stereocenters. The van der Waals surface area contributed by atoms with Gasteiger partial charge in [-0.1, -0.05) is 32.0 Å². The molecule has 2 heterocycles. The molecule has 2 aromatic rings. The number of nitrogens with one attached hydrogen (secondary N) is 1. The molecule has 2 fully saturated rings. The Kier molecular flexibility index (Phi) is 4.35. The maximum absolute atomic E-state index is 13.4. The molecule has 5 heteroatoms. The minimum absolute atomic E-state index is 0.144. The highest BCUT2D eigenvalue weighted by Crippen LogP contribution is 2.43. The van der Waals surface area contributed by atoms with E-state index in [-0.39, 0.29) is 17.2 Å². The first kappa shape index (κ1) is 17.3. The van der Waals surface area contributed by atoms with Gasteiger partial charge in [-0.05, 0) is 43.6 Å². The minimum Gasteiger partial charge on any atom is -0.478 e. The molecule has 26 heavy (non-hydrogen) atoms. The van der Waals surface area contributed by atoms with E-state index in [1.165, 1.54) is 0 Å². The first-order valence-corrected chi connectivity index (χ1v) is 9.67. The molecule has 1 aromatic heterocycles. The summed E-state index contributed by atoms with van der Waals surface area (Å²) in [7, 11) is 0. The molecule has 1 saturated heterocycles. The second kappa shape index (κ2) is 6.54. The first-order chi connectivity index (χ1) is 12.5. The summed E-state index contributed by atoms with van der Waals surface area (Å²) in [6, 6.07) is 7.59. The molecule has 1 aliphatic heterocycles. The SMILES string of the molecule is CCCn1c(=O)c(C2CC3CCC(N2)C3C)c(C(=O)O)c2ccccc21. The fourth-order valence-electron chi connectivity index (χ4n) is 5.07. The number of piperidine rings is 1. The Hall–Kier alpha value is -2.14. The normalized spacial score (nSPS) is 27.8. The highest BCUT2D eigenvalue weighted by molar-refractivity contribution is 6.04. The standard InChI is InChI=1S/C21H26N2O3/c1-3-10-23-17-7-5-4-6-14(17)18(21(25)26)19(20(23)24)16-11-13-8-9-15(22-16)12(13)2/h4-7,12-13,15-16,22H,3,8-11H2,1-2H3,(H,25,26). The van der Waals surface area contributed by atoms with Crippen molar-refractivity contribution in [3.05, 3.63) is 45.7 Å². The molecule has 2 N–H and O–H groups in total. The number of pyridine rings is 1. The third kappa shape index (κ3) is 2.57. The van der Waals surface area contributed by atoms with Crippen molar-refractivity contribution in [1.82, 2.24) is 9.88 Å². The molecule has 4 rings (SSSR count). The van der Waals surface area contributed by atoms with Crippen LogP contribution in [0, 0.1) is 11.8 Å². The van der Waals surface area contributed by atoms with Gasteiger partial charge in [-0.2, -0.15) is 0 Å². The lowest BCUT2D eigenvalue weighted by molar-refractivity contribution is 0.0695. The second-order valence-corrected chi connectivity index (χ2v) is 7.83. The van der Waals surface area contributed by atoms with Crippen molar-refractivity contribution in [1.29, 1.82) is 0 Å². The number of carboxylic acid groups (broad SMARTS) is 1. The average molecular weight is 354 g/mol. The van der Waals surface area contributed by atoms with Gasteiger partial charge in [0.25, 0.3) is 5.56 Å². The Morgan fingerprint density at radius 1 is 1.31 bits per heavy atom. The Morgan fingerprint density at radius 2 is 2.08 bits per heavy atom. The molecule has 1 aliphatic carbocycles. The second-order valence-electron chi connectivity index (χ2n) is 7.83. The fourth-order valence-corrected chi connectivity index (χ4v) is 5.07. The summed E-state index contributed by atoms with van der Waals surface area (Å²) < 4.78 is 1.76. The number of para-hydroxylation sites is 1. The van der Waals surface area contributed by atoms with Gasteiger partial charge in [-0.25, -0.2) is 4.79 Å². The number of nitrogens with zero attached hydrogens (tertiary/aromatic N) is 1. The van der Waals surface area contributed by atoms with E-state index in [4.69, 9.17) is 0 Å². The van der Waals surface area contributed by atoms with Gasteiger partial charge in [0.15, 0.2) is 0 Å². The predicted octanol–water partition coefficient (Wildman–Crippen LogP) is 3.56. The quantitative estimate of drug-likeness (QED) is 0.881. The topological polar surface area (TPSA) is 71.3 Å². The number of rotatable bonds is 4. The molecule has 2 aliphatic rings. The number of aryl methyl sites for hydroxylation is 1. The van der Waals surface area contributed by atoms with Crippen LogP contribution in [0.25, 0.3) is 10.9 Å². The largest absolute Gasteiger partial charge is 0.478 e. The third-order valence-corrected chi connectivity index (χ3v) is 6.40. The molecule has 0 amide bonds. The number of carboxylic acids is 1. The number of benzene rings is 1. The zero-order chi connectivity index (χ0) is 18.4. The van der Waals surface area contributed by atoms with Crippen LogP contribution < -0.4 is 10.9 Å². The molecule has 4 unspecified atom stereocenters. The predicted molar refractivity (Wildman–Crippen MR) is 102 cm³/mol. The van der Waals surface area contributed by atoms with Gasteiger partial charge in [-0.3, -0.25) is 4.79 Å². The highest BCUT2D eigenvalue weighted by atomic mass is 16.4. The van der Waals surface area contributed by atoms with Crippen molar-refractivity contribution in [2.45, 2.75) is 58.2 Å². The Balaban J connectivity index is 1.96. The van der Waals surface area contributed by atoms with Gasteiger partial charge < -0.3 is 15.0 Å². The van der Waals surface area contributed by atoms with Crippen molar-refractivity contribution in [2.75, 3.05) is 0 Å². The maximum atomic E-state index is 13.4.